The van der Waals surface area contributed by atoms with Crippen molar-refractivity contribution in [2.75, 3.05) is 5.75 Å². The van der Waals surface area contributed by atoms with Crippen LogP contribution >= 0.6 is 11.8 Å². The van der Waals surface area contributed by atoms with Crippen LogP contribution in [0.5, 0.6) is 0 Å². The van der Waals surface area contributed by atoms with Crippen molar-refractivity contribution in [1.29, 1.82) is 5.26 Å². The number of esters is 1. The second kappa shape index (κ2) is 6.36. The number of rotatable bonds is 4. The largest absolute Gasteiger partial charge is 0.460 e. The van der Waals surface area contributed by atoms with E-state index in [0.717, 1.165) is 0 Å². The lowest BCUT2D eigenvalue weighted by Crippen LogP contribution is -2.24. The quantitative estimate of drug-likeness (QED) is 0.613. The number of carbonyl (C=O) groups excluding carboxylic acids is 1. The van der Waals surface area contributed by atoms with Gasteiger partial charge in [-0.3, -0.25) is 4.79 Å². The summed E-state index contributed by atoms with van der Waals surface area (Å²) < 4.78 is 5.18. The van der Waals surface area contributed by atoms with Crippen LogP contribution in [0.1, 0.15) is 32.9 Å². The minimum atomic E-state index is -0.448. The standard InChI is InChI=1S/C12H15N3O2S/c1-12(2,3)17-11(16)4-5-18-10-8-14-9(6-13)7-15-10/h7-8H,4-5H2,1-3H3. The Kier molecular flexibility index (Phi) is 5.10. The molecule has 0 aliphatic rings. The zero-order valence-electron chi connectivity index (χ0n) is 10.6. The smallest absolute Gasteiger partial charge is 0.307 e. The van der Waals surface area contributed by atoms with Gasteiger partial charge < -0.3 is 4.74 Å². The molecule has 96 valence electrons. The van der Waals surface area contributed by atoms with Crippen molar-refractivity contribution in [3.63, 3.8) is 0 Å². The zero-order valence-corrected chi connectivity index (χ0v) is 11.5. The van der Waals surface area contributed by atoms with Crippen LogP contribution in [0.2, 0.25) is 0 Å². The first-order chi connectivity index (χ1) is 8.40. The summed E-state index contributed by atoms with van der Waals surface area (Å²) in [6.45, 7) is 5.51. The van der Waals surface area contributed by atoms with Gasteiger partial charge in [0.1, 0.15) is 16.7 Å². The lowest BCUT2D eigenvalue weighted by Gasteiger charge is -2.19. The molecule has 0 atom stereocenters. The van der Waals surface area contributed by atoms with Crippen LogP contribution in [0.25, 0.3) is 0 Å². The van der Waals surface area contributed by atoms with E-state index in [1.807, 2.05) is 26.8 Å². The summed E-state index contributed by atoms with van der Waals surface area (Å²) in [4.78, 5) is 19.4. The van der Waals surface area contributed by atoms with Gasteiger partial charge in [-0.1, -0.05) is 0 Å². The van der Waals surface area contributed by atoms with Crippen molar-refractivity contribution in [2.45, 2.75) is 37.8 Å². The van der Waals surface area contributed by atoms with E-state index in [0.29, 0.717) is 17.2 Å². The molecule has 0 aliphatic carbocycles. The molecule has 0 unspecified atom stereocenters. The van der Waals surface area contributed by atoms with E-state index >= 15 is 0 Å². The van der Waals surface area contributed by atoms with E-state index < -0.39 is 5.60 Å². The number of nitriles is 1. The highest BCUT2D eigenvalue weighted by Gasteiger charge is 2.15. The molecular formula is C12H15N3O2S. The molecule has 0 aliphatic heterocycles. The molecule has 0 radical (unpaired) electrons. The molecule has 0 fully saturated rings. The summed E-state index contributed by atoms with van der Waals surface area (Å²) in [7, 11) is 0. The van der Waals surface area contributed by atoms with Gasteiger partial charge in [-0.15, -0.1) is 11.8 Å². The molecule has 0 N–H and O–H groups in total. The maximum atomic E-state index is 11.4. The van der Waals surface area contributed by atoms with Gasteiger partial charge in [0.25, 0.3) is 0 Å². The summed E-state index contributed by atoms with van der Waals surface area (Å²) in [5.41, 5.74) is -0.165. The van der Waals surface area contributed by atoms with E-state index in [1.165, 1.54) is 24.2 Å². The Labute approximate surface area is 111 Å². The van der Waals surface area contributed by atoms with Gasteiger partial charge in [0.2, 0.25) is 0 Å². The highest BCUT2D eigenvalue weighted by atomic mass is 32.2. The normalized spacial score (nSPS) is 10.8. The SMILES string of the molecule is CC(C)(C)OC(=O)CCSc1cnc(C#N)cn1. The van der Waals surface area contributed by atoms with Gasteiger partial charge in [0.15, 0.2) is 5.69 Å². The highest BCUT2D eigenvalue weighted by molar-refractivity contribution is 7.99. The van der Waals surface area contributed by atoms with Crippen molar-refractivity contribution in [3.8, 4) is 6.07 Å². The molecule has 18 heavy (non-hydrogen) atoms. The Balaban J connectivity index is 2.33. The molecule has 1 aromatic heterocycles. The third-order valence-electron chi connectivity index (χ3n) is 1.72. The molecule has 1 aromatic rings. The van der Waals surface area contributed by atoms with Gasteiger partial charge in [0.05, 0.1) is 18.8 Å². The average molecular weight is 265 g/mol. The number of thioether (sulfide) groups is 1. The fraction of sp³-hybridized carbons (Fsp3) is 0.500. The number of nitrogens with zero attached hydrogens (tertiary/aromatic N) is 3. The second-order valence-electron chi connectivity index (χ2n) is 4.54. The van der Waals surface area contributed by atoms with E-state index in [4.69, 9.17) is 10.00 Å². The number of aromatic nitrogens is 2. The first-order valence-electron chi connectivity index (χ1n) is 5.47. The third kappa shape index (κ3) is 5.64. The summed E-state index contributed by atoms with van der Waals surface area (Å²) in [6.07, 6.45) is 3.26. The Bertz CT molecular complexity index is 446. The van der Waals surface area contributed by atoms with Crippen LogP contribution in [0.15, 0.2) is 17.4 Å². The summed E-state index contributed by atoms with van der Waals surface area (Å²) in [6, 6.07) is 1.90. The Hall–Kier alpha value is -1.61. The maximum absolute atomic E-state index is 11.4. The number of ether oxygens (including phenoxy) is 1. The molecule has 0 amide bonds. The van der Waals surface area contributed by atoms with E-state index in [2.05, 4.69) is 9.97 Å². The highest BCUT2D eigenvalue weighted by Crippen LogP contribution is 2.16. The predicted octanol–water partition coefficient (Wildman–Crippen LogP) is 2.17. The molecular weight excluding hydrogens is 250 g/mol. The predicted molar refractivity (Wildman–Crippen MR) is 67.9 cm³/mol. The fourth-order valence-corrected chi connectivity index (χ4v) is 1.81. The minimum Gasteiger partial charge on any atom is -0.460 e. The number of hydrogen-bond acceptors (Lipinski definition) is 6. The topological polar surface area (TPSA) is 75.9 Å². The third-order valence-corrected chi connectivity index (χ3v) is 2.63. The molecule has 0 spiro atoms. The molecule has 1 heterocycles. The van der Waals surface area contributed by atoms with Crippen molar-refractivity contribution in [2.24, 2.45) is 0 Å². The first kappa shape index (κ1) is 14.5. The van der Waals surface area contributed by atoms with Crippen LogP contribution in [0.3, 0.4) is 0 Å². The molecule has 6 heteroatoms. The fourth-order valence-electron chi connectivity index (χ4n) is 1.08. The lowest BCUT2D eigenvalue weighted by atomic mass is 10.2. The van der Waals surface area contributed by atoms with Crippen molar-refractivity contribution < 1.29 is 9.53 Å². The molecule has 0 saturated heterocycles. The van der Waals surface area contributed by atoms with E-state index in [9.17, 15) is 4.79 Å². The van der Waals surface area contributed by atoms with Gasteiger partial charge in [0, 0.05) is 5.75 Å². The van der Waals surface area contributed by atoms with Gasteiger partial charge in [-0.25, -0.2) is 9.97 Å². The van der Waals surface area contributed by atoms with E-state index in [1.54, 1.807) is 0 Å². The Morgan fingerprint density at radius 2 is 2.17 bits per heavy atom. The zero-order chi connectivity index (χ0) is 13.6. The molecule has 0 bridgehead atoms. The number of hydrogen-bond donors (Lipinski definition) is 0. The Morgan fingerprint density at radius 3 is 2.67 bits per heavy atom. The van der Waals surface area contributed by atoms with Crippen LogP contribution in [-0.4, -0.2) is 27.3 Å². The summed E-state index contributed by atoms with van der Waals surface area (Å²) >= 11 is 1.41. The molecule has 1 rings (SSSR count). The van der Waals surface area contributed by atoms with Crippen LogP contribution in [0, 0.1) is 11.3 Å². The Morgan fingerprint density at radius 1 is 1.44 bits per heavy atom. The van der Waals surface area contributed by atoms with Gasteiger partial charge >= 0.3 is 5.97 Å². The lowest BCUT2D eigenvalue weighted by molar-refractivity contribution is -0.154. The van der Waals surface area contributed by atoms with E-state index in [-0.39, 0.29) is 11.7 Å². The first-order valence-corrected chi connectivity index (χ1v) is 6.46. The second-order valence-corrected chi connectivity index (χ2v) is 5.65. The van der Waals surface area contributed by atoms with Crippen LogP contribution in [-0.2, 0) is 9.53 Å². The van der Waals surface area contributed by atoms with Crippen molar-refractivity contribution in [1.82, 2.24) is 9.97 Å². The average Bonchev–Trinajstić information content (AvgIpc) is 2.27. The monoisotopic (exact) mass is 265 g/mol. The molecule has 5 nitrogen and oxygen atoms in total. The minimum absolute atomic E-state index is 0.225. The summed E-state index contributed by atoms with van der Waals surface area (Å²) in [5.74, 6) is 0.353. The van der Waals surface area contributed by atoms with Crippen molar-refractivity contribution in [3.05, 3.63) is 18.1 Å². The van der Waals surface area contributed by atoms with Crippen molar-refractivity contribution >= 4 is 17.7 Å². The van der Waals surface area contributed by atoms with Crippen LogP contribution < -0.4 is 0 Å². The van der Waals surface area contributed by atoms with Crippen LogP contribution in [0.4, 0.5) is 0 Å². The molecule has 0 saturated carbocycles. The van der Waals surface area contributed by atoms with Gasteiger partial charge in [-0.05, 0) is 20.8 Å². The number of carbonyl (C=O) groups is 1. The molecule has 0 aromatic carbocycles. The maximum Gasteiger partial charge on any atom is 0.307 e. The van der Waals surface area contributed by atoms with Gasteiger partial charge in [-0.2, -0.15) is 5.26 Å². The summed E-state index contributed by atoms with van der Waals surface area (Å²) in [5, 5.41) is 9.26.